The molecule has 0 fully saturated rings. The van der Waals surface area contributed by atoms with Gasteiger partial charge in [-0.05, 0) is 26.3 Å². The molecule has 0 amide bonds. The highest BCUT2D eigenvalue weighted by Crippen LogP contribution is 2.26. The molecule has 0 aromatic rings. The van der Waals surface area contributed by atoms with E-state index in [4.69, 9.17) is 0 Å². The van der Waals surface area contributed by atoms with Crippen LogP contribution in [0.2, 0.25) is 0 Å². The van der Waals surface area contributed by atoms with Crippen molar-refractivity contribution in [3.8, 4) is 0 Å². The van der Waals surface area contributed by atoms with Crippen LogP contribution in [0.5, 0.6) is 0 Å². The average Bonchev–Trinajstić information content (AvgIpc) is 2.12. The maximum absolute atomic E-state index is 11.8. The quantitative estimate of drug-likeness (QED) is 0.521. The molecule has 0 aromatic heterocycles. The van der Waals surface area contributed by atoms with E-state index in [1.165, 1.54) is 13.8 Å². The minimum atomic E-state index is -1.92. The van der Waals surface area contributed by atoms with Crippen molar-refractivity contribution in [2.24, 2.45) is 5.41 Å². The van der Waals surface area contributed by atoms with Gasteiger partial charge in [0.15, 0.2) is 0 Å². The predicted molar refractivity (Wildman–Crippen MR) is 45.7 cm³/mol. The molecule has 0 rings (SSSR count). The number of esters is 1. The van der Waals surface area contributed by atoms with Crippen LogP contribution in [0.1, 0.15) is 20.3 Å². The summed E-state index contributed by atoms with van der Waals surface area (Å²) in [5.41, 5.74) is -1.52. The molecule has 0 bridgehead atoms. The third kappa shape index (κ3) is 2.90. The first-order chi connectivity index (χ1) is 6.34. The Labute approximate surface area is 80.7 Å². The van der Waals surface area contributed by atoms with Crippen molar-refractivity contribution >= 4 is 11.8 Å². The Morgan fingerprint density at radius 3 is 2.21 bits per heavy atom. The van der Waals surface area contributed by atoms with Gasteiger partial charge in [-0.3, -0.25) is 9.59 Å². The summed E-state index contributed by atoms with van der Waals surface area (Å²) in [7, 11) is 1.11. The molecule has 80 valence electrons. The van der Waals surface area contributed by atoms with Crippen LogP contribution in [-0.2, 0) is 14.3 Å². The van der Waals surface area contributed by atoms with E-state index in [1.54, 1.807) is 0 Å². The van der Waals surface area contributed by atoms with Gasteiger partial charge < -0.3 is 4.74 Å². The van der Waals surface area contributed by atoms with Gasteiger partial charge in [-0.25, -0.2) is 0 Å². The second-order valence-electron chi connectivity index (χ2n) is 3.08. The Balaban J connectivity index is 4.83. The van der Waals surface area contributed by atoms with E-state index in [-0.39, 0.29) is 6.42 Å². The summed E-state index contributed by atoms with van der Waals surface area (Å²) in [6, 6.07) is 0. The van der Waals surface area contributed by atoms with Crippen molar-refractivity contribution in [3.05, 3.63) is 12.2 Å². The molecule has 3 nitrogen and oxygen atoms in total. The molecule has 1 unspecified atom stereocenters. The molecule has 0 aliphatic heterocycles. The van der Waals surface area contributed by atoms with Crippen molar-refractivity contribution in [3.63, 3.8) is 0 Å². The van der Waals surface area contributed by atoms with E-state index in [1.807, 2.05) is 0 Å². The van der Waals surface area contributed by atoms with E-state index in [9.17, 15) is 18.4 Å². The summed E-state index contributed by atoms with van der Waals surface area (Å²) >= 11 is 0. The minimum absolute atomic E-state index is 0.350. The normalized spacial score (nSPS) is 14.1. The summed E-state index contributed by atoms with van der Waals surface area (Å²) < 4.78 is 28.0. The first-order valence-electron chi connectivity index (χ1n) is 3.95. The highest BCUT2D eigenvalue weighted by molar-refractivity contribution is 6.02. The van der Waals surface area contributed by atoms with Gasteiger partial charge in [0.2, 0.25) is 0 Å². The fourth-order valence-corrected chi connectivity index (χ4v) is 0.877. The fourth-order valence-electron chi connectivity index (χ4n) is 0.877. The van der Waals surface area contributed by atoms with Gasteiger partial charge in [0, 0.05) is 0 Å². The standard InChI is InChI=1S/C9H12F2O3/c1-6(12)9(2,8(13)14-3)5-4-7(10)11/h4H,5H2,1-3H3. The molecule has 0 heterocycles. The summed E-state index contributed by atoms with van der Waals surface area (Å²) in [5, 5.41) is 0. The molecule has 1 atom stereocenters. The van der Waals surface area contributed by atoms with Crippen LogP contribution in [0.3, 0.4) is 0 Å². The van der Waals surface area contributed by atoms with Gasteiger partial charge in [-0.1, -0.05) is 0 Å². The third-order valence-corrected chi connectivity index (χ3v) is 2.08. The number of carbonyl (C=O) groups is 2. The lowest BCUT2D eigenvalue weighted by atomic mass is 9.83. The molecule has 0 aromatic carbocycles. The maximum Gasteiger partial charge on any atom is 0.319 e. The Morgan fingerprint density at radius 2 is 1.93 bits per heavy atom. The van der Waals surface area contributed by atoms with Crippen molar-refractivity contribution in [1.29, 1.82) is 0 Å². The number of methoxy groups -OCH3 is 1. The van der Waals surface area contributed by atoms with Crippen LogP contribution in [-0.4, -0.2) is 18.9 Å². The summed E-state index contributed by atoms with van der Waals surface area (Å²) in [6.07, 6.45) is -1.73. The fraction of sp³-hybridized carbons (Fsp3) is 0.556. The van der Waals surface area contributed by atoms with E-state index >= 15 is 0 Å². The largest absolute Gasteiger partial charge is 0.468 e. The zero-order chi connectivity index (χ0) is 11.4. The van der Waals surface area contributed by atoms with E-state index in [2.05, 4.69) is 4.74 Å². The van der Waals surface area contributed by atoms with Gasteiger partial charge in [-0.15, -0.1) is 0 Å². The number of ether oxygens (including phenoxy) is 1. The first kappa shape index (κ1) is 12.7. The Hall–Kier alpha value is -1.26. The van der Waals surface area contributed by atoms with E-state index in [0.29, 0.717) is 6.08 Å². The summed E-state index contributed by atoms with van der Waals surface area (Å²) in [6.45, 7) is 2.45. The van der Waals surface area contributed by atoms with Gasteiger partial charge in [0.05, 0.1) is 7.11 Å². The molecule has 14 heavy (non-hydrogen) atoms. The lowest BCUT2D eigenvalue weighted by molar-refractivity contribution is -0.156. The van der Waals surface area contributed by atoms with Crippen LogP contribution in [0, 0.1) is 5.41 Å². The number of rotatable bonds is 4. The number of carbonyl (C=O) groups excluding carboxylic acids is 2. The monoisotopic (exact) mass is 206 g/mol. The predicted octanol–water partition coefficient (Wildman–Crippen LogP) is 1.93. The molecule has 0 aliphatic rings. The zero-order valence-corrected chi connectivity index (χ0v) is 8.27. The number of hydrogen-bond donors (Lipinski definition) is 0. The van der Waals surface area contributed by atoms with Gasteiger partial charge in [0.25, 0.3) is 6.08 Å². The lowest BCUT2D eigenvalue weighted by Gasteiger charge is -2.21. The van der Waals surface area contributed by atoms with Gasteiger partial charge in [0.1, 0.15) is 11.2 Å². The lowest BCUT2D eigenvalue weighted by Crippen LogP contribution is -2.35. The molecule has 5 heteroatoms. The first-order valence-corrected chi connectivity index (χ1v) is 3.95. The molecule has 0 N–H and O–H groups in total. The summed E-state index contributed by atoms with van der Waals surface area (Å²) in [5.74, 6) is -1.30. The summed E-state index contributed by atoms with van der Waals surface area (Å²) in [4.78, 5) is 22.3. The number of halogens is 2. The van der Waals surface area contributed by atoms with Crippen molar-refractivity contribution in [2.45, 2.75) is 20.3 Å². The second kappa shape index (κ2) is 4.83. The molecule has 0 aliphatic carbocycles. The van der Waals surface area contributed by atoms with Crippen molar-refractivity contribution in [2.75, 3.05) is 7.11 Å². The Bertz CT molecular complexity index is 269. The number of hydrogen-bond acceptors (Lipinski definition) is 3. The number of ketones is 1. The number of allylic oxidation sites excluding steroid dienone is 1. The van der Waals surface area contributed by atoms with Gasteiger partial charge >= 0.3 is 5.97 Å². The highest BCUT2D eigenvalue weighted by Gasteiger charge is 2.38. The van der Waals surface area contributed by atoms with Crippen molar-refractivity contribution in [1.82, 2.24) is 0 Å². The molecule has 0 saturated carbocycles. The van der Waals surface area contributed by atoms with Crippen molar-refractivity contribution < 1.29 is 23.1 Å². The molecule has 0 saturated heterocycles. The van der Waals surface area contributed by atoms with Crippen LogP contribution in [0.25, 0.3) is 0 Å². The van der Waals surface area contributed by atoms with Crippen LogP contribution >= 0.6 is 0 Å². The maximum atomic E-state index is 11.8. The number of Topliss-reactive ketones (excluding diaryl/α,β-unsaturated/α-hetero) is 1. The SMILES string of the molecule is COC(=O)C(C)(CC=C(F)F)C(C)=O. The molecular weight excluding hydrogens is 194 g/mol. The highest BCUT2D eigenvalue weighted by atomic mass is 19.3. The van der Waals surface area contributed by atoms with E-state index in [0.717, 1.165) is 7.11 Å². The Morgan fingerprint density at radius 1 is 1.43 bits per heavy atom. The average molecular weight is 206 g/mol. The Kier molecular flexibility index (Phi) is 4.40. The smallest absolute Gasteiger partial charge is 0.319 e. The third-order valence-electron chi connectivity index (χ3n) is 2.08. The van der Waals surface area contributed by atoms with E-state index < -0.39 is 23.2 Å². The van der Waals surface area contributed by atoms with Crippen LogP contribution < -0.4 is 0 Å². The minimum Gasteiger partial charge on any atom is -0.468 e. The van der Waals surface area contributed by atoms with Gasteiger partial charge in [-0.2, -0.15) is 8.78 Å². The molecule has 0 radical (unpaired) electrons. The topological polar surface area (TPSA) is 43.4 Å². The van der Waals surface area contributed by atoms with Crippen LogP contribution in [0.15, 0.2) is 12.2 Å². The van der Waals surface area contributed by atoms with Crippen LogP contribution in [0.4, 0.5) is 8.78 Å². The molecule has 0 spiro atoms. The zero-order valence-electron chi connectivity index (χ0n) is 8.27. The second-order valence-corrected chi connectivity index (χ2v) is 3.08. The molecular formula is C9H12F2O3.